The molecule has 2 aromatic heterocycles. The van der Waals surface area contributed by atoms with Crippen molar-refractivity contribution in [1.29, 1.82) is 0 Å². The van der Waals surface area contributed by atoms with Gasteiger partial charge in [-0.3, -0.25) is 4.79 Å². The summed E-state index contributed by atoms with van der Waals surface area (Å²) in [5.74, 6) is 1.54. The highest BCUT2D eigenvalue weighted by Crippen LogP contribution is 2.32. The maximum absolute atomic E-state index is 12.8. The molecule has 1 fully saturated rings. The molecule has 182 valence electrons. The number of carbonyl (C=O) groups excluding carboxylic acids is 1. The lowest BCUT2D eigenvalue weighted by molar-refractivity contribution is 0.0710. The van der Waals surface area contributed by atoms with E-state index in [9.17, 15) is 4.79 Å². The lowest BCUT2D eigenvalue weighted by atomic mass is 10.0. The number of piperazine rings is 1. The molecule has 1 amide bonds. The third kappa shape index (κ3) is 4.99. The maximum Gasteiger partial charge on any atom is 0.270 e. The van der Waals surface area contributed by atoms with Gasteiger partial charge in [-0.2, -0.15) is 4.98 Å². The molecule has 9 nitrogen and oxygen atoms in total. The van der Waals surface area contributed by atoms with E-state index in [0.29, 0.717) is 29.9 Å². The second kappa shape index (κ2) is 9.97. The second-order valence-electron chi connectivity index (χ2n) is 9.77. The van der Waals surface area contributed by atoms with E-state index in [-0.39, 0.29) is 11.9 Å². The van der Waals surface area contributed by atoms with Crippen LogP contribution in [0.4, 0.5) is 5.95 Å². The first kappa shape index (κ1) is 23.9. The fraction of sp³-hybridized carbons (Fsp3) is 0.520. The molecule has 0 aliphatic carbocycles. The first-order valence-electron chi connectivity index (χ1n) is 12.0. The molecule has 0 bridgehead atoms. The molecule has 4 heterocycles. The van der Waals surface area contributed by atoms with Crippen molar-refractivity contribution in [3.63, 3.8) is 0 Å². The zero-order valence-corrected chi connectivity index (χ0v) is 21.0. The Bertz CT molecular complexity index is 1120. The summed E-state index contributed by atoms with van der Waals surface area (Å²) in [6.45, 7) is 15.0. The summed E-state index contributed by atoms with van der Waals surface area (Å²) in [6, 6.07) is 2.08. The predicted octanol–water partition coefficient (Wildman–Crippen LogP) is 3.21. The molecule has 1 saturated heterocycles. The van der Waals surface area contributed by atoms with Gasteiger partial charge in [-0.1, -0.05) is 13.8 Å². The lowest BCUT2D eigenvalue weighted by Crippen LogP contribution is -2.43. The Morgan fingerprint density at radius 1 is 1.26 bits per heavy atom. The molecule has 0 unspecified atom stereocenters. The van der Waals surface area contributed by atoms with Crippen molar-refractivity contribution < 1.29 is 4.79 Å². The molecule has 1 N–H and O–H groups in total. The Hall–Kier alpha value is -3.20. The van der Waals surface area contributed by atoms with Crippen LogP contribution < -0.4 is 5.32 Å². The number of anilines is 1. The van der Waals surface area contributed by atoms with Crippen molar-refractivity contribution in [1.82, 2.24) is 29.2 Å². The maximum atomic E-state index is 12.8. The average molecular weight is 465 g/mol. The minimum absolute atomic E-state index is 0.0189. The van der Waals surface area contributed by atoms with Crippen molar-refractivity contribution in [2.24, 2.45) is 10.9 Å². The molecule has 0 spiro atoms. The summed E-state index contributed by atoms with van der Waals surface area (Å²) >= 11 is 0. The van der Waals surface area contributed by atoms with E-state index in [4.69, 9.17) is 4.98 Å². The van der Waals surface area contributed by atoms with E-state index in [0.717, 1.165) is 43.6 Å². The van der Waals surface area contributed by atoms with Crippen LogP contribution in [0.15, 0.2) is 40.9 Å². The van der Waals surface area contributed by atoms with Gasteiger partial charge in [0.2, 0.25) is 5.95 Å². The molecule has 4 rings (SSSR count). The van der Waals surface area contributed by atoms with E-state index < -0.39 is 0 Å². The number of likely N-dealkylation sites (N-methyl/N-ethyl adjacent to an activating group) is 2. The molecule has 34 heavy (non-hydrogen) atoms. The number of allylic oxidation sites excluding steroid dienone is 3. The Balaban J connectivity index is 1.60. The van der Waals surface area contributed by atoms with Crippen LogP contribution in [0.5, 0.6) is 0 Å². The van der Waals surface area contributed by atoms with Crippen molar-refractivity contribution >= 4 is 29.6 Å². The number of carbonyl (C=O) groups is 1. The van der Waals surface area contributed by atoms with Gasteiger partial charge in [0.25, 0.3) is 5.91 Å². The smallest absolute Gasteiger partial charge is 0.270 e. The average Bonchev–Trinajstić information content (AvgIpc) is 3.19. The molecule has 1 atom stereocenters. The van der Waals surface area contributed by atoms with Crippen molar-refractivity contribution in [2.75, 3.05) is 52.1 Å². The first-order valence-corrected chi connectivity index (χ1v) is 12.0. The number of aromatic nitrogens is 3. The highest BCUT2D eigenvalue weighted by molar-refractivity contribution is 5.98. The Labute approximate surface area is 201 Å². The summed E-state index contributed by atoms with van der Waals surface area (Å²) in [4.78, 5) is 32.7. The number of nitrogens with zero attached hydrogens (tertiary/aromatic N) is 7. The second-order valence-corrected chi connectivity index (χ2v) is 9.77. The van der Waals surface area contributed by atoms with Crippen LogP contribution in [0.2, 0.25) is 0 Å². The molecular formula is C25H36N8O. The number of nitrogens with one attached hydrogen (secondary N) is 1. The van der Waals surface area contributed by atoms with E-state index >= 15 is 0 Å². The van der Waals surface area contributed by atoms with E-state index in [1.807, 2.05) is 25.3 Å². The first-order chi connectivity index (χ1) is 16.3. The van der Waals surface area contributed by atoms with Crippen LogP contribution in [-0.4, -0.2) is 88.7 Å². The van der Waals surface area contributed by atoms with Gasteiger partial charge in [0.05, 0.1) is 6.04 Å². The van der Waals surface area contributed by atoms with Gasteiger partial charge in [-0.25, -0.2) is 9.98 Å². The van der Waals surface area contributed by atoms with Gasteiger partial charge >= 0.3 is 0 Å². The van der Waals surface area contributed by atoms with Gasteiger partial charge < -0.3 is 24.6 Å². The van der Waals surface area contributed by atoms with Gasteiger partial charge in [0, 0.05) is 57.1 Å². The zero-order valence-electron chi connectivity index (χ0n) is 21.0. The van der Waals surface area contributed by atoms with Gasteiger partial charge in [0.15, 0.2) is 0 Å². The fourth-order valence-corrected chi connectivity index (χ4v) is 4.72. The molecule has 0 saturated carbocycles. The normalized spacial score (nSPS) is 20.3. The molecule has 9 heteroatoms. The van der Waals surface area contributed by atoms with Crippen LogP contribution in [0.3, 0.4) is 0 Å². The minimum atomic E-state index is 0.0189. The van der Waals surface area contributed by atoms with Crippen molar-refractivity contribution in [3.05, 3.63) is 41.6 Å². The van der Waals surface area contributed by atoms with Crippen LogP contribution in [-0.2, 0) is 0 Å². The highest BCUT2D eigenvalue weighted by atomic mass is 16.2. The molecule has 0 aromatic carbocycles. The predicted molar refractivity (Wildman–Crippen MR) is 137 cm³/mol. The molecular weight excluding hydrogens is 428 g/mol. The standard InChI is InChI=1S/C25H36N8O/c1-17(2)13-20-16-31(6)24(34)21-14-19-15-27-25(29-23(19)33(20)21)28-22(26-4)8-7-18(3)32-11-9-30(5)10-12-32/h7-8,14-15,17,20H,4,9-13,16H2,1-3,5-6H3,(H,27,28,29)/b18-7+,22-8+/t20-/m0/s1. The number of hydrogen-bond acceptors (Lipinski definition) is 7. The van der Waals surface area contributed by atoms with E-state index in [2.05, 4.69) is 64.2 Å². The number of aliphatic imine (C=N–C) groups is 1. The topological polar surface area (TPSA) is 81.9 Å². The zero-order chi connectivity index (χ0) is 24.4. The molecule has 2 aliphatic heterocycles. The summed E-state index contributed by atoms with van der Waals surface area (Å²) in [5, 5.41) is 4.05. The SMILES string of the molecule is C=N/C(=C\C=C(/C)N1CCN(C)CC1)Nc1ncc2cc3n(c2n1)[C@@H](CC(C)C)CN(C)C3=O. The van der Waals surface area contributed by atoms with Crippen LogP contribution in [0.1, 0.15) is 43.7 Å². The van der Waals surface area contributed by atoms with Crippen molar-refractivity contribution in [3.8, 4) is 0 Å². The van der Waals surface area contributed by atoms with E-state index in [1.165, 1.54) is 5.70 Å². The fourth-order valence-electron chi connectivity index (χ4n) is 4.72. The Morgan fingerprint density at radius 3 is 2.68 bits per heavy atom. The van der Waals surface area contributed by atoms with Crippen molar-refractivity contribution in [2.45, 2.75) is 33.2 Å². The quantitative estimate of drug-likeness (QED) is 0.501. The van der Waals surface area contributed by atoms with E-state index in [1.54, 1.807) is 11.1 Å². The molecule has 2 aromatic rings. The monoisotopic (exact) mass is 464 g/mol. The largest absolute Gasteiger partial charge is 0.372 e. The summed E-state index contributed by atoms with van der Waals surface area (Å²) < 4.78 is 2.09. The van der Waals surface area contributed by atoms with Crippen LogP contribution in [0, 0.1) is 5.92 Å². The van der Waals surface area contributed by atoms with Gasteiger partial charge in [-0.05, 0) is 51.2 Å². The summed E-state index contributed by atoms with van der Waals surface area (Å²) in [5.41, 5.74) is 2.63. The third-order valence-electron chi connectivity index (χ3n) is 6.63. The van der Waals surface area contributed by atoms with Gasteiger partial charge in [0.1, 0.15) is 17.2 Å². The summed E-state index contributed by atoms with van der Waals surface area (Å²) in [7, 11) is 4.01. The number of rotatable bonds is 7. The summed E-state index contributed by atoms with van der Waals surface area (Å²) in [6.07, 6.45) is 6.69. The van der Waals surface area contributed by atoms with Crippen LogP contribution in [0.25, 0.3) is 11.0 Å². The van der Waals surface area contributed by atoms with Crippen LogP contribution >= 0.6 is 0 Å². The lowest BCUT2D eigenvalue weighted by Gasteiger charge is -2.34. The number of fused-ring (bicyclic) bond motifs is 3. The Kier molecular flexibility index (Phi) is 7.02. The highest BCUT2D eigenvalue weighted by Gasteiger charge is 2.32. The number of amides is 1. The molecule has 0 radical (unpaired) electrons. The molecule has 2 aliphatic rings. The number of hydrogen-bond donors (Lipinski definition) is 1. The minimum Gasteiger partial charge on any atom is -0.372 e. The third-order valence-corrected chi connectivity index (χ3v) is 6.63. The van der Waals surface area contributed by atoms with Gasteiger partial charge in [-0.15, -0.1) is 0 Å². The Morgan fingerprint density at radius 2 is 2.00 bits per heavy atom.